The normalized spacial score (nSPS) is 11.1. The molecule has 4 heteroatoms. The van der Waals surface area contributed by atoms with Gasteiger partial charge in [0.1, 0.15) is 0 Å². The van der Waals surface area contributed by atoms with Crippen LogP contribution in [0.1, 0.15) is 38.2 Å². The van der Waals surface area contributed by atoms with E-state index in [1.165, 1.54) is 0 Å². The number of hydrogen-bond donors (Lipinski definition) is 0. The van der Waals surface area contributed by atoms with Crippen LogP contribution in [0.15, 0.2) is 21.2 Å². The van der Waals surface area contributed by atoms with Crippen LogP contribution in [0, 0.1) is 0 Å². The fourth-order valence-corrected chi connectivity index (χ4v) is 1.93. The first-order valence-electron chi connectivity index (χ1n) is 5.01. The second kappa shape index (κ2) is 4.84. The fraction of sp³-hybridized carbons (Fsp3) is 0.545. The summed E-state index contributed by atoms with van der Waals surface area (Å²) >= 11 is 3.19. The van der Waals surface area contributed by atoms with Crippen molar-refractivity contribution in [2.75, 3.05) is 0 Å². The summed E-state index contributed by atoms with van der Waals surface area (Å²) in [6.07, 6.45) is 0. The van der Waals surface area contributed by atoms with Crippen LogP contribution in [0.25, 0.3) is 0 Å². The molecule has 84 valence electrons. The minimum absolute atomic E-state index is 0.0642. The Balaban J connectivity index is 2.91. The molecule has 1 amide bonds. The smallest absolute Gasteiger partial charge is 0.290 e. The van der Waals surface area contributed by atoms with Gasteiger partial charge in [0.05, 0.1) is 0 Å². The third-order valence-corrected chi connectivity index (χ3v) is 2.56. The number of halogens is 1. The van der Waals surface area contributed by atoms with Crippen LogP contribution in [0.5, 0.6) is 0 Å². The van der Waals surface area contributed by atoms with Crippen LogP contribution in [0.2, 0.25) is 0 Å². The van der Waals surface area contributed by atoms with Gasteiger partial charge >= 0.3 is 0 Å². The van der Waals surface area contributed by atoms with Crippen molar-refractivity contribution in [3.63, 3.8) is 0 Å². The van der Waals surface area contributed by atoms with Gasteiger partial charge in [0.25, 0.3) is 5.91 Å². The largest absolute Gasteiger partial charge is 0.444 e. The number of hydrogen-bond acceptors (Lipinski definition) is 2. The molecular formula is C11H16BrNO2. The lowest BCUT2D eigenvalue weighted by molar-refractivity contribution is 0.0609. The molecule has 1 rings (SSSR count). The number of furan rings is 1. The van der Waals surface area contributed by atoms with Crippen LogP contribution < -0.4 is 0 Å². The lowest BCUT2D eigenvalue weighted by Gasteiger charge is -2.29. The Hall–Kier alpha value is -0.770. The van der Waals surface area contributed by atoms with Crippen LogP contribution in [0.3, 0.4) is 0 Å². The maximum atomic E-state index is 12.1. The quantitative estimate of drug-likeness (QED) is 0.847. The summed E-state index contributed by atoms with van der Waals surface area (Å²) in [4.78, 5) is 13.8. The topological polar surface area (TPSA) is 33.5 Å². The minimum Gasteiger partial charge on any atom is -0.444 e. The average molecular weight is 274 g/mol. The highest BCUT2D eigenvalue weighted by molar-refractivity contribution is 9.10. The first kappa shape index (κ1) is 12.3. The first-order valence-corrected chi connectivity index (χ1v) is 5.80. The predicted molar refractivity (Wildman–Crippen MR) is 62.8 cm³/mol. The predicted octanol–water partition coefficient (Wildman–Crippen LogP) is 3.30. The van der Waals surface area contributed by atoms with E-state index in [-0.39, 0.29) is 18.0 Å². The highest BCUT2D eigenvalue weighted by Gasteiger charge is 2.23. The minimum atomic E-state index is -0.0642. The summed E-state index contributed by atoms with van der Waals surface area (Å²) < 4.78 is 5.83. The molecule has 1 aromatic rings. The summed E-state index contributed by atoms with van der Waals surface area (Å²) in [6.45, 7) is 7.98. The van der Waals surface area contributed by atoms with E-state index in [0.717, 1.165) is 0 Å². The van der Waals surface area contributed by atoms with Crippen molar-refractivity contribution >= 4 is 21.8 Å². The molecule has 0 saturated carbocycles. The number of amides is 1. The molecule has 0 bridgehead atoms. The molecule has 15 heavy (non-hydrogen) atoms. The Morgan fingerprint density at radius 2 is 1.80 bits per heavy atom. The molecule has 0 fully saturated rings. The Kier molecular flexibility index (Phi) is 3.97. The van der Waals surface area contributed by atoms with Gasteiger partial charge in [0, 0.05) is 12.1 Å². The van der Waals surface area contributed by atoms with E-state index in [4.69, 9.17) is 4.42 Å². The molecule has 1 heterocycles. The van der Waals surface area contributed by atoms with E-state index >= 15 is 0 Å². The lowest BCUT2D eigenvalue weighted by atomic mass is 10.2. The third kappa shape index (κ3) is 2.84. The molecule has 0 N–H and O–H groups in total. The van der Waals surface area contributed by atoms with Gasteiger partial charge in [-0.3, -0.25) is 4.79 Å². The van der Waals surface area contributed by atoms with Gasteiger partial charge in [0.15, 0.2) is 10.4 Å². The SMILES string of the molecule is CC(C)N(C(=O)c1ccc(Br)o1)C(C)C. The van der Waals surface area contributed by atoms with Crippen molar-refractivity contribution < 1.29 is 9.21 Å². The molecule has 0 unspecified atom stereocenters. The van der Waals surface area contributed by atoms with E-state index in [9.17, 15) is 4.79 Å². The zero-order valence-electron chi connectivity index (χ0n) is 9.45. The summed E-state index contributed by atoms with van der Waals surface area (Å²) in [6, 6.07) is 3.75. The zero-order valence-corrected chi connectivity index (χ0v) is 11.0. The molecular weight excluding hydrogens is 258 g/mol. The van der Waals surface area contributed by atoms with Gasteiger partial charge in [-0.25, -0.2) is 0 Å². The van der Waals surface area contributed by atoms with E-state index in [1.807, 2.05) is 27.7 Å². The molecule has 0 aliphatic carbocycles. The van der Waals surface area contributed by atoms with Gasteiger partial charge in [-0.1, -0.05) is 0 Å². The molecule has 0 aromatic carbocycles. The highest BCUT2D eigenvalue weighted by Crippen LogP contribution is 2.18. The Bertz CT molecular complexity index is 336. The summed E-state index contributed by atoms with van der Waals surface area (Å²) in [5.41, 5.74) is 0. The Morgan fingerprint density at radius 3 is 2.13 bits per heavy atom. The zero-order chi connectivity index (χ0) is 11.6. The van der Waals surface area contributed by atoms with Gasteiger partial charge < -0.3 is 9.32 Å². The van der Waals surface area contributed by atoms with Crippen LogP contribution in [-0.4, -0.2) is 22.9 Å². The number of rotatable bonds is 3. The van der Waals surface area contributed by atoms with E-state index in [2.05, 4.69) is 15.9 Å². The van der Waals surface area contributed by atoms with Crippen molar-refractivity contribution in [3.8, 4) is 0 Å². The monoisotopic (exact) mass is 273 g/mol. The lowest BCUT2D eigenvalue weighted by Crippen LogP contribution is -2.41. The average Bonchev–Trinajstić information content (AvgIpc) is 2.50. The van der Waals surface area contributed by atoms with E-state index in [1.54, 1.807) is 17.0 Å². The van der Waals surface area contributed by atoms with Gasteiger partial charge in [-0.05, 0) is 55.8 Å². The van der Waals surface area contributed by atoms with Crippen molar-refractivity contribution in [2.45, 2.75) is 39.8 Å². The number of carbonyl (C=O) groups excluding carboxylic acids is 1. The molecule has 1 aromatic heterocycles. The van der Waals surface area contributed by atoms with Crippen LogP contribution in [-0.2, 0) is 0 Å². The summed E-state index contributed by atoms with van der Waals surface area (Å²) in [5.74, 6) is 0.315. The van der Waals surface area contributed by atoms with E-state index in [0.29, 0.717) is 10.4 Å². The molecule has 0 spiro atoms. The van der Waals surface area contributed by atoms with Crippen molar-refractivity contribution in [1.29, 1.82) is 0 Å². The number of nitrogens with zero attached hydrogens (tertiary/aromatic N) is 1. The van der Waals surface area contributed by atoms with Crippen LogP contribution >= 0.6 is 15.9 Å². The molecule has 0 aliphatic rings. The highest BCUT2D eigenvalue weighted by atomic mass is 79.9. The molecule has 0 aliphatic heterocycles. The van der Waals surface area contributed by atoms with Gasteiger partial charge in [-0.15, -0.1) is 0 Å². The molecule has 0 saturated heterocycles. The maximum absolute atomic E-state index is 12.1. The molecule has 3 nitrogen and oxygen atoms in total. The van der Waals surface area contributed by atoms with Gasteiger partial charge in [-0.2, -0.15) is 0 Å². The second-order valence-corrected chi connectivity index (χ2v) is 4.79. The first-order chi connectivity index (χ1) is 6.93. The maximum Gasteiger partial charge on any atom is 0.290 e. The Labute approximate surface area is 98.6 Å². The van der Waals surface area contributed by atoms with Crippen molar-refractivity contribution in [2.24, 2.45) is 0 Å². The van der Waals surface area contributed by atoms with Crippen molar-refractivity contribution in [3.05, 3.63) is 22.6 Å². The number of carbonyl (C=O) groups is 1. The standard InChI is InChI=1S/C11H16BrNO2/c1-7(2)13(8(3)4)11(14)9-5-6-10(12)15-9/h5-8H,1-4H3. The molecule has 0 radical (unpaired) electrons. The summed E-state index contributed by atoms with van der Waals surface area (Å²) in [7, 11) is 0. The van der Waals surface area contributed by atoms with Crippen molar-refractivity contribution in [1.82, 2.24) is 4.90 Å². The fourth-order valence-electron chi connectivity index (χ4n) is 1.62. The van der Waals surface area contributed by atoms with Gasteiger partial charge in [0.2, 0.25) is 0 Å². The Morgan fingerprint density at radius 1 is 1.27 bits per heavy atom. The van der Waals surface area contributed by atoms with Crippen LogP contribution in [0.4, 0.5) is 0 Å². The molecule has 0 atom stereocenters. The third-order valence-electron chi connectivity index (χ3n) is 2.13. The van der Waals surface area contributed by atoms with E-state index < -0.39 is 0 Å². The summed E-state index contributed by atoms with van der Waals surface area (Å²) in [5, 5.41) is 0. The second-order valence-electron chi connectivity index (χ2n) is 4.00.